The van der Waals surface area contributed by atoms with Crippen LogP contribution in [0.15, 0.2) is 28.7 Å². The first-order valence-electron chi connectivity index (χ1n) is 5.60. The number of benzene rings is 2. The number of rotatable bonds is 3. The van der Waals surface area contributed by atoms with E-state index in [-0.39, 0.29) is 32.1 Å². The molecule has 0 radical (unpaired) electrons. The molecule has 2 aromatic carbocycles. The zero-order chi connectivity index (χ0) is 15.7. The number of halogens is 4. The van der Waals surface area contributed by atoms with Gasteiger partial charge in [-0.1, -0.05) is 11.6 Å². The molecule has 5 N–H and O–H groups in total. The standard InChI is InChI=1S/C13H9BrClF2N3O/c14-7-3-11(10(17)4-9(7)16)20-12-6(13(19)21)1-5(18)2-8(12)15/h1-4,20H,18H2,(H2,19,21). The minimum absolute atomic E-state index is 0.000141. The van der Waals surface area contributed by atoms with Gasteiger partial charge in [-0.05, 0) is 34.1 Å². The van der Waals surface area contributed by atoms with Crippen LogP contribution in [-0.2, 0) is 0 Å². The van der Waals surface area contributed by atoms with Gasteiger partial charge in [0.05, 0.1) is 26.4 Å². The summed E-state index contributed by atoms with van der Waals surface area (Å²) in [5.41, 5.74) is 11.1. The molecule has 110 valence electrons. The Balaban J connectivity index is 2.54. The summed E-state index contributed by atoms with van der Waals surface area (Å²) in [6, 6.07) is 4.57. The van der Waals surface area contributed by atoms with Crippen LogP contribution in [0.1, 0.15) is 10.4 Å². The van der Waals surface area contributed by atoms with Crippen molar-refractivity contribution in [2.45, 2.75) is 0 Å². The highest BCUT2D eigenvalue weighted by molar-refractivity contribution is 9.10. The first-order chi connectivity index (χ1) is 9.79. The minimum Gasteiger partial charge on any atom is -0.399 e. The second-order valence-corrected chi connectivity index (χ2v) is 5.42. The molecule has 0 aliphatic rings. The van der Waals surface area contributed by atoms with Crippen molar-refractivity contribution in [3.05, 3.63) is 51.0 Å². The summed E-state index contributed by atoms with van der Waals surface area (Å²) in [5, 5.41) is 2.71. The van der Waals surface area contributed by atoms with Crippen molar-refractivity contribution in [2.24, 2.45) is 5.73 Å². The molecular formula is C13H9BrClF2N3O. The van der Waals surface area contributed by atoms with Gasteiger partial charge >= 0.3 is 0 Å². The summed E-state index contributed by atoms with van der Waals surface area (Å²) in [6.45, 7) is 0. The lowest BCUT2D eigenvalue weighted by Crippen LogP contribution is -2.14. The molecule has 0 aliphatic heterocycles. The van der Waals surface area contributed by atoms with Crippen LogP contribution in [0.2, 0.25) is 5.02 Å². The summed E-state index contributed by atoms with van der Waals surface area (Å²) < 4.78 is 27.0. The van der Waals surface area contributed by atoms with Crippen molar-refractivity contribution in [3.63, 3.8) is 0 Å². The molecule has 4 nitrogen and oxygen atoms in total. The van der Waals surface area contributed by atoms with Gasteiger partial charge in [0.15, 0.2) is 0 Å². The van der Waals surface area contributed by atoms with E-state index >= 15 is 0 Å². The number of hydrogen-bond acceptors (Lipinski definition) is 3. The molecule has 0 saturated carbocycles. The maximum atomic E-state index is 13.8. The van der Waals surface area contributed by atoms with Crippen LogP contribution in [0.3, 0.4) is 0 Å². The van der Waals surface area contributed by atoms with E-state index in [2.05, 4.69) is 21.2 Å². The Bertz CT molecular complexity index is 740. The molecule has 0 spiro atoms. The zero-order valence-corrected chi connectivity index (χ0v) is 12.7. The third-order valence-electron chi connectivity index (χ3n) is 2.65. The number of amides is 1. The fourth-order valence-electron chi connectivity index (χ4n) is 1.70. The number of hydrogen-bond donors (Lipinski definition) is 3. The molecule has 0 atom stereocenters. The first kappa shape index (κ1) is 15.5. The van der Waals surface area contributed by atoms with Crippen molar-refractivity contribution in [1.82, 2.24) is 0 Å². The predicted molar refractivity (Wildman–Crippen MR) is 81.7 cm³/mol. The number of carbonyl (C=O) groups excluding carboxylic acids is 1. The van der Waals surface area contributed by atoms with E-state index in [1.54, 1.807) is 0 Å². The fourth-order valence-corrected chi connectivity index (χ4v) is 2.32. The van der Waals surface area contributed by atoms with Gasteiger partial charge in [0.2, 0.25) is 0 Å². The van der Waals surface area contributed by atoms with E-state index in [4.69, 9.17) is 23.1 Å². The van der Waals surface area contributed by atoms with Gasteiger partial charge in [-0.15, -0.1) is 0 Å². The van der Waals surface area contributed by atoms with E-state index in [1.807, 2.05) is 0 Å². The molecule has 0 saturated heterocycles. The summed E-state index contributed by atoms with van der Waals surface area (Å²) >= 11 is 8.94. The molecule has 0 aliphatic carbocycles. The highest BCUT2D eigenvalue weighted by Gasteiger charge is 2.16. The zero-order valence-electron chi connectivity index (χ0n) is 10.4. The summed E-state index contributed by atoms with van der Waals surface area (Å²) in [5.74, 6) is -2.39. The molecular weight excluding hydrogens is 368 g/mol. The molecule has 8 heteroatoms. The number of primary amides is 1. The smallest absolute Gasteiger partial charge is 0.250 e. The van der Waals surface area contributed by atoms with Crippen molar-refractivity contribution in [1.29, 1.82) is 0 Å². The highest BCUT2D eigenvalue weighted by atomic mass is 79.9. The van der Waals surface area contributed by atoms with Gasteiger partial charge in [0.25, 0.3) is 5.91 Å². The van der Waals surface area contributed by atoms with Gasteiger partial charge in [0.1, 0.15) is 11.6 Å². The summed E-state index contributed by atoms with van der Waals surface area (Å²) in [4.78, 5) is 11.4. The van der Waals surface area contributed by atoms with Crippen LogP contribution in [-0.4, -0.2) is 5.91 Å². The SMILES string of the molecule is NC(=O)c1cc(N)cc(Cl)c1Nc1cc(Br)c(F)cc1F. The molecule has 0 unspecified atom stereocenters. The largest absolute Gasteiger partial charge is 0.399 e. The van der Waals surface area contributed by atoms with Crippen molar-refractivity contribution < 1.29 is 13.6 Å². The van der Waals surface area contributed by atoms with E-state index in [9.17, 15) is 13.6 Å². The van der Waals surface area contributed by atoms with Gasteiger partial charge in [0, 0.05) is 11.8 Å². The Morgan fingerprint density at radius 3 is 2.48 bits per heavy atom. The maximum absolute atomic E-state index is 13.8. The van der Waals surface area contributed by atoms with Crippen LogP contribution >= 0.6 is 27.5 Å². The summed E-state index contributed by atoms with van der Waals surface area (Å²) in [7, 11) is 0. The summed E-state index contributed by atoms with van der Waals surface area (Å²) in [6.07, 6.45) is 0. The molecule has 1 amide bonds. The molecule has 0 bridgehead atoms. The average molecular weight is 377 g/mol. The third kappa shape index (κ3) is 3.25. The lowest BCUT2D eigenvalue weighted by molar-refractivity contribution is 0.100. The number of nitrogens with one attached hydrogen (secondary N) is 1. The number of carbonyl (C=O) groups is 1. The minimum atomic E-state index is -0.848. The monoisotopic (exact) mass is 375 g/mol. The Morgan fingerprint density at radius 2 is 1.86 bits per heavy atom. The number of anilines is 3. The van der Waals surface area contributed by atoms with E-state index in [1.165, 1.54) is 18.2 Å². The van der Waals surface area contributed by atoms with Crippen LogP contribution in [0.25, 0.3) is 0 Å². The van der Waals surface area contributed by atoms with E-state index in [0.29, 0.717) is 6.07 Å². The number of nitrogens with two attached hydrogens (primary N) is 2. The fraction of sp³-hybridized carbons (Fsp3) is 0. The topological polar surface area (TPSA) is 81.1 Å². The lowest BCUT2D eigenvalue weighted by atomic mass is 10.1. The van der Waals surface area contributed by atoms with Gasteiger partial charge in [-0.2, -0.15) is 0 Å². The van der Waals surface area contributed by atoms with Crippen LogP contribution in [0.5, 0.6) is 0 Å². The van der Waals surface area contributed by atoms with Crippen molar-refractivity contribution in [2.75, 3.05) is 11.1 Å². The highest BCUT2D eigenvalue weighted by Crippen LogP contribution is 2.33. The molecule has 0 aromatic heterocycles. The second-order valence-electron chi connectivity index (χ2n) is 4.16. The first-order valence-corrected chi connectivity index (χ1v) is 6.77. The molecule has 0 heterocycles. The Morgan fingerprint density at radius 1 is 1.19 bits per heavy atom. The van der Waals surface area contributed by atoms with Crippen LogP contribution in [0.4, 0.5) is 25.8 Å². The Labute approximate surface area is 132 Å². The predicted octanol–water partition coefficient (Wildman–Crippen LogP) is 3.81. The Hall–Kier alpha value is -1.86. The Kier molecular flexibility index (Phi) is 4.34. The maximum Gasteiger partial charge on any atom is 0.250 e. The van der Waals surface area contributed by atoms with Crippen molar-refractivity contribution in [3.8, 4) is 0 Å². The van der Waals surface area contributed by atoms with E-state index < -0.39 is 17.5 Å². The molecule has 2 rings (SSSR count). The van der Waals surface area contributed by atoms with Crippen molar-refractivity contribution >= 4 is 50.5 Å². The molecule has 0 fully saturated rings. The van der Waals surface area contributed by atoms with Gasteiger partial charge in [-0.25, -0.2) is 8.78 Å². The van der Waals surface area contributed by atoms with E-state index in [0.717, 1.165) is 0 Å². The van der Waals surface area contributed by atoms with Crippen LogP contribution in [0, 0.1) is 11.6 Å². The molecule has 21 heavy (non-hydrogen) atoms. The normalized spacial score (nSPS) is 10.5. The van der Waals surface area contributed by atoms with Gasteiger partial charge < -0.3 is 16.8 Å². The average Bonchev–Trinajstić information content (AvgIpc) is 2.38. The third-order valence-corrected chi connectivity index (χ3v) is 3.55. The van der Waals surface area contributed by atoms with Gasteiger partial charge in [-0.3, -0.25) is 4.79 Å². The quantitative estimate of drug-likeness (QED) is 0.563. The molecule has 2 aromatic rings. The number of nitrogen functional groups attached to an aromatic ring is 1. The van der Waals surface area contributed by atoms with Crippen LogP contribution < -0.4 is 16.8 Å². The lowest BCUT2D eigenvalue weighted by Gasteiger charge is -2.14. The second kappa shape index (κ2) is 5.87.